The summed E-state index contributed by atoms with van der Waals surface area (Å²) in [4.78, 5) is 9.33. The summed E-state index contributed by atoms with van der Waals surface area (Å²) < 4.78 is 26.1. The molecular weight excluding hydrogens is 441 g/mol. The molecule has 33 heavy (non-hydrogen) atoms. The Morgan fingerprint density at radius 2 is 1.36 bits per heavy atom. The second-order valence-corrected chi connectivity index (χ2v) is 9.13. The predicted molar refractivity (Wildman–Crippen MR) is 136 cm³/mol. The normalized spacial score (nSPS) is 15.4. The molecule has 8 heteroatoms. The molecule has 0 rings (SSSR count). The average molecular weight is 488 g/mol. The highest BCUT2D eigenvalue weighted by molar-refractivity contribution is 7.47. The molecule has 2 unspecified atom stereocenters. The predicted octanol–water partition coefficient (Wildman–Crippen LogP) is 5.60. The molecule has 0 aliphatic heterocycles. The van der Waals surface area contributed by atoms with Crippen molar-refractivity contribution in [3.05, 3.63) is 48.6 Å². The first kappa shape index (κ1) is 31.9. The van der Waals surface area contributed by atoms with Crippen LogP contribution in [0.1, 0.15) is 71.1 Å². The zero-order valence-corrected chi connectivity index (χ0v) is 21.2. The van der Waals surface area contributed by atoms with E-state index in [9.17, 15) is 14.6 Å². The number of allylic oxidation sites excluding steroid dienone is 8. The first-order valence-corrected chi connectivity index (χ1v) is 13.7. The summed E-state index contributed by atoms with van der Waals surface area (Å²) in [7, 11) is -4.15. The zero-order valence-electron chi connectivity index (χ0n) is 20.4. The molecule has 2 atom stereocenters. The second kappa shape index (κ2) is 24.1. The van der Waals surface area contributed by atoms with Gasteiger partial charge in [0.2, 0.25) is 0 Å². The maximum absolute atomic E-state index is 11.4. The molecular formula is C25H46NO6P. The van der Waals surface area contributed by atoms with E-state index in [-0.39, 0.29) is 26.4 Å². The Morgan fingerprint density at radius 3 is 2.00 bits per heavy atom. The SMILES string of the molecule is CC/C=C\C/C=C\C/C=C\C/C=C\CCCCCCCOCC(O)COP(=O)(O)OCCN. The van der Waals surface area contributed by atoms with E-state index in [1.54, 1.807) is 0 Å². The van der Waals surface area contributed by atoms with Crippen molar-refractivity contribution in [2.45, 2.75) is 77.2 Å². The second-order valence-electron chi connectivity index (χ2n) is 7.67. The summed E-state index contributed by atoms with van der Waals surface area (Å²) in [6.45, 7) is 2.47. The van der Waals surface area contributed by atoms with Crippen LogP contribution in [0.2, 0.25) is 0 Å². The van der Waals surface area contributed by atoms with Crippen LogP contribution in [-0.4, -0.2) is 49.1 Å². The molecule has 0 aliphatic carbocycles. The van der Waals surface area contributed by atoms with E-state index in [4.69, 9.17) is 10.5 Å². The molecule has 7 nitrogen and oxygen atoms in total. The van der Waals surface area contributed by atoms with Crippen molar-refractivity contribution >= 4 is 7.82 Å². The Kier molecular flexibility index (Phi) is 23.3. The monoisotopic (exact) mass is 487 g/mol. The van der Waals surface area contributed by atoms with Crippen LogP contribution in [0.4, 0.5) is 0 Å². The molecule has 4 N–H and O–H groups in total. The largest absolute Gasteiger partial charge is 0.472 e. The topological polar surface area (TPSA) is 111 Å². The third-order valence-electron chi connectivity index (χ3n) is 4.49. The number of phosphoric ester groups is 1. The molecule has 0 spiro atoms. The summed E-state index contributed by atoms with van der Waals surface area (Å²) in [5, 5.41) is 9.71. The van der Waals surface area contributed by atoms with Crippen LogP contribution in [0.5, 0.6) is 0 Å². The highest BCUT2D eigenvalue weighted by Gasteiger charge is 2.22. The van der Waals surface area contributed by atoms with Crippen LogP contribution in [0.25, 0.3) is 0 Å². The molecule has 0 aliphatic rings. The van der Waals surface area contributed by atoms with Crippen LogP contribution < -0.4 is 5.73 Å². The lowest BCUT2D eigenvalue weighted by molar-refractivity contribution is 0.00230. The minimum atomic E-state index is -4.15. The van der Waals surface area contributed by atoms with Gasteiger partial charge in [-0.25, -0.2) is 4.57 Å². The Balaban J connectivity index is 3.44. The van der Waals surface area contributed by atoms with Gasteiger partial charge in [-0.05, 0) is 44.9 Å². The first-order valence-electron chi connectivity index (χ1n) is 12.2. The summed E-state index contributed by atoms with van der Waals surface area (Å²) in [5.74, 6) is 0. The number of rotatable bonds is 23. The molecule has 0 aromatic carbocycles. The third kappa shape index (κ3) is 25.4. The fourth-order valence-corrected chi connectivity index (χ4v) is 3.52. The molecule has 192 valence electrons. The third-order valence-corrected chi connectivity index (χ3v) is 5.48. The van der Waals surface area contributed by atoms with Gasteiger partial charge in [-0.1, -0.05) is 74.8 Å². The first-order chi connectivity index (χ1) is 16.0. The minimum absolute atomic E-state index is 0.0583. The fourth-order valence-electron chi connectivity index (χ4n) is 2.75. The van der Waals surface area contributed by atoms with E-state index in [0.29, 0.717) is 6.61 Å². The number of phosphoric acid groups is 1. The maximum atomic E-state index is 11.4. The van der Waals surface area contributed by atoms with Crippen molar-refractivity contribution in [2.75, 3.05) is 33.0 Å². The van der Waals surface area contributed by atoms with E-state index >= 15 is 0 Å². The van der Waals surface area contributed by atoms with Gasteiger partial charge in [0.1, 0.15) is 6.10 Å². The number of aliphatic hydroxyl groups excluding tert-OH is 1. The summed E-state index contributed by atoms with van der Waals surface area (Å²) >= 11 is 0. The van der Waals surface area contributed by atoms with Crippen molar-refractivity contribution in [3.8, 4) is 0 Å². The van der Waals surface area contributed by atoms with Crippen LogP contribution in [0, 0.1) is 0 Å². The standard InChI is InChI=1S/C25H46NO6P/c1-2-3-4-5-6-7-8-9-10-11-12-13-14-15-16-17-18-19-21-30-23-25(27)24-32-33(28,29)31-22-20-26/h3-4,6-7,9-10,12-13,25,27H,2,5,8,11,14-24,26H2,1H3,(H,28,29)/b4-3-,7-6-,10-9-,13-12-. The van der Waals surface area contributed by atoms with Gasteiger partial charge in [0.25, 0.3) is 0 Å². The average Bonchev–Trinajstić information content (AvgIpc) is 2.80. The summed E-state index contributed by atoms with van der Waals surface area (Å²) in [6.07, 6.45) is 27.5. The smallest absolute Gasteiger partial charge is 0.388 e. The molecule has 0 aromatic heterocycles. The molecule has 0 bridgehead atoms. The number of ether oxygens (including phenoxy) is 1. The van der Waals surface area contributed by atoms with Gasteiger partial charge >= 0.3 is 7.82 Å². The maximum Gasteiger partial charge on any atom is 0.472 e. The van der Waals surface area contributed by atoms with Crippen molar-refractivity contribution < 1.29 is 28.3 Å². The van der Waals surface area contributed by atoms with Crippen LogP contribution in [0.3, 0.4) is 0 Å². The number of hydrogen-bond donors (Lipinski definition) is 3. The Labute approximate surface area is 201 Å². The van der Waals surface area contributed by atoms with Gasteiger partial charge < -0.3 is 20.5 Å². The fraction of sp³-hybridized carbons (Fsp3) is 0.680. The van der Waals surface area contributed by atoms with Gasteiger partial charge in [-0.2, -0.15) is 0 Å². The number of nitrogens with two attached hydrogens (primary N) is 1. The van der Waals surface area contributed by atoms with Crippen molar-refractivity contribution in [2.24, 2.45) is 5.73 Å². The van der Waals surface area contributed by atoms with E-state index in [2.05, 4.69) is 64.6 Å². The Hall–Kier alpha value is -1.05. The minimum Gasteiger partial charge on any atom is -0.388 e. The lowest BCUT2D eigenvalue weighted by Gasteiger charge is -2.15. The van der Waals surface area contributed by atoms with Crippen molar-refractivity contribution in [1.29, 1.82) is 0 Å². The molecule has 0 saturated heterocycles. The van der Waals surface area contributed by atoms with Gasteiger partial charge in [-0.3, -0.25) is 9.05 Å². The van der Waals surface area contributed by atoms with Gasteiger partial charge in [0.15, 0.2) is 0 Å². The van der Waals surface area contributed by atoms with Gasteiger partial charge in [0, 0.05) is 13.2 Å². The number of unbranched alkanes of at least 4 members (excludes halogenated alkanes) is 5. The van der Waals surface area contributed by atoms with Crippen molar-refractivity contribution in [3.63, 3.8) is 0 Å². The Bertz CT molecular complexity index is 591. The van der Waals surface area contributed by atoms with Crippen LogP contribution >= 0.6 is 7.82 Å². The number of aliphatic hydroxyl groups is 1. The molecule has 0 heterocycles. The molecule has 0 saturated carbocycles. The van der Waals surface area contributed by atoms with E-state index in [1.165, 1.54) is 12.8 Å². The summed E-state index contributed by atoms with van der Waals surface area (Å²) in [6, 6.07) is 0. The van der Waals surface area contributed by atoms with E-state index in [1.807, 2.05) is 0 Å². The van der Waals surface area contributed by atoms with Gasteiger partial charge in [0.05, 0.1) is 19.8 Å². The van der Waals surface area contributed by atoms with Crippen LogP contribution in [-0.2, 0) is 18.3 Å². The molecule has 0 radical (unpaired) electrons. The highest BCUT2D eigenvalue weighted by atomic mass is 31.2. The van der Waals surface area contributed by atoms with Gasteiger partial charge in [-0.15, -0.1) is 0 Å². The molecule has 0 amide bonds. The van der Waals surface area contributed by atoms with E-state index < -0.39 is 13.9 Å². The lowest BCUT2D eigenvalue weighted by Crippen LogP contribution is -2.22. The van der Waals surface area contributed by atoms with E-state index in [0.717, 1.165) is 51.4 Å². The number of hydrogen-bond acceptors (Lipinski definition) is 6. The molecule has 0 fully saturated rings. The highest BCUT2D eigenvalue weighted by Crippen LogP contribution is 2.42. The summed E-state index contributed by atoms with van der Waals surface area (Å²) in [5.41, 5.74) is 5.19. The van der Waals surface area contributed by atoms with Crippen LogP contribution in [0.15, 0.2) is 48.6 Å². The molecule has 0 aromatic rings. The van der Waals surface area contributed by atoms with Crippen molar-refractivity contribution in [1.82, 2.24) is 0 Å². The Morgan fingerprint density at radius 1 is 0.788 bits per heavy atom. The lowest BCUT2D eigenvalue weighted by atomic mass is 10.1. The zero-order chi connectivity index (χ0) is 24.5. The quantitative estimate of drug-likeness (QED) is 0.0977.